The lowest BCUT2D eigenvalue weighted by Crippen LogP contribution is -1.99. The van der Waals surface area contributed by atoms with Crippen LogP contribution in [0.2, 0.25) is 0 Å². The van der Waals surface area contributed by atoms with Crippen LogP contribution >= 0.6 is 0 Å². The third kappa shape index (κ3) is 3.19. The van der Waals surface area contributed by atoms with Gasteiger partial charge in [0.15, 0.2) is 0 Å². The van der Waals surface area contributed by atoms with Gasteiger partial charge in [-0.05, 0) is 25.0 Å². The van der Waals surface area contributed by atoms with E-state index in [9.17, 15) is 5.11 Å². The largest absolute Gasteiger partial charge is 0.389 e. The van der Waals surface area contributed by atoms with Gasteiger partial charge < -0.3 is 5.11 Å². The number of aliphatic hydroxyl groups is 1. The molecule has 14 heavy (non-hydrogen) atoms. The fourth-order valence-electron chi connectivity index (χ4n) is 1.02. The lowest BCUT2D eigenvalue weighted by atomic mass is 10.1. The van der Waals surface area contributed by atoms with Gasteiger partial charge >= 0.3 is 0 Å². The van der Waals surface area contributed by atoms with E-state index in [1.807, 2.05) is 24.3 Å². The second kappa shape index (κ2) is 4.77. The minimum Gasteiger partial charge on any atom is -0.389 e. The molecule has 0 saturated carbocycles. The lowest BCUT2D eigenvalue weighted by Gasteiger charge is -2.01. The number of aliphatic hydroxyl groups excluding tert-OH is 1. The quantitative estimate of drug-likeness (QED) is 0.723. The van der Waals surface area contributed by atoms with Crippen molar-refractivity contribution in [3.05, 3.63) is 53.6 Å². The van der Waals surface area contributed by atoms with Gasteiger partial charge in [0.1, 0.15) is 0 Å². The first-order valence-electron chi connectivity index (χ1n) is 4.71. The molecule has 0 heterocycles. The van der Waals surface area contributed by atoms with E-state index in [1.165, 1.54) is 5.56 Å². The van der Waals surface area contributed by atoms with Crippen LogP contribution in [0.4, 0.5) is 0 Å². The Hall–Kier alpha value is -1.34. The van der Waals surface area contributed by atoms with Gasteiger partial charge in [-0.2, -0.15) is 0 Å². The first-order valence-corrected chi connectivity index (χ1v) is 4.71. The molecule has 1 rings (SSSR count). The minimum absolute atomic E-state index is 0.475. The van der Waals surface area contributed by atoms with Gasteiger partial charge in [-0.1, -0.05) is 48.6 Å². The zero-order chi connectivity index (χ0) is 10.6. The molecule has 1 unspecified atom stereocenters. The van der Waals surface area contributed by atoms with Gasteiger partial charge in [0.2, 0.25) is 0 Å². The molecule has 0 radical (unpaired) electrons. The van der Waals surface area contributed by atoms with Gasteiger partial charge in [-0.3, -0.25) is 0 Å². The molecule has 0 spiro atoms. The van der Waals surface area contributed by atoms with Crippen LogP contribution in [0.1, 0.15) is 18.1 Å². The van der Waals surface area contributed by atoms with Crippen molar-refractivity contribution >= 4 is 6.08 Å². The highest BCUT2D eigenvalue weighted by Crippen LogP contribution is 2.08. The molecule has 0 aromatic heterocycles. The summed E-state index contributed by atoms with van der Waals surface area (Å²) < 4.78 is 0. The lowest BCUT2D eigenvalue weighted by molar-refractivity contribution is 0.236. The molecule has 0 fully saturated rings. The maximum Gasteiger partial charge on any atom is 0.0756 e. The van der Waals surface area contributed by atoms with Crippen molar-refractivity contribution in [1.29, 1.82) is 0 Å². The maximum absolute atomic E-state index is 9.19. The summed E-state index contributed by atoms with van der Waals surface area (Å²) in [7, 11) is 0. The average Bonchev–Trinajstić information content (AvgIpc) is 2.16. The van der Waals surface area contributed by atoms with Crippen LogP contribution in [0.25, 0.3) is 6.08 Å². The first-order chi connectivity index (χ1) is 6.59. The molecule has 0 bridgehead atoms. The molecule has 1 N–H and O–H groups in total. The van der Waals surface area contributed by atoms with Crippen LogP contribution in [0, 0.1) is 6.92 Å². The molecule has 0 amide bonds. The normalized spacial score (nSPS) is 13.1. The SMILES string of the molecule is C=C(C=Cc1ccc(C)cc1)C(C)O. The van der Waals surface area contributed by atoms with E-state index in [1.54, 1.807) is 6.92 Å². The Kier molecular flexibility index (Phi) is 3.66. The smallest absolute Gasteiger partial charge is 0.0756 e. The summed E-state index contributed by atoms with van der Waals surface area (Å²) in [4.78, 5) is 0. The predicted molar refractivity (Wildman–Crippen MR) is 61.0 cm³/mol. The zero-order valence-corrected chi connectivity index (χ0v) is 8.70. The van der Waals surface area contributed by atoms with Crippen molar-refractivity contribution in [2.75, 3.05) is 0 Å². The molecule has 1 aromatic rings. The minimum atomic E-state index is -0.475. The molecule has 0 aliphatic carbocycles. The van der Waals surface area contributed by atoms with Gasteiger partial charge in [0.05, 0.1) is 6.10 Å². The van der Waals surface area contributed by atoms with Crippen LogP contribution in [0.15, 0.2) is 42.5 Å². The van der Waals surface area contributed by atoms with Crippen molar-refractivity contribution in [3.63, 3.8) is 0 Å². The van der Waals surface area contributed by atoms with E-state index in [2.05, 4.69) is 25.6 Å². The Morgan fingerprint density at radius 2 is 1.93 bits per heavy atom. The van der Waals surface area contributed by atoms with E-state index in [0.717, 1.165) is 11.1 Å². The molecule has 0 aliphatic rings. The van der Waals surface area contributed by atoms with E-state index in [-0.39, 0.29) is 0 Å². The van der Waals surface area contributed by atoms with Crippen LogP contribution in [0.3, 0.4) is 0 Å². The average molecular weight is 188 g/mol. The third-order valence-corrected chi connectivity index (χ3v) is 2.10. The predicted octanol–water partition coefficient (Wildman–Crippen LogP) is 2.95. The Morgan fingerprint density at radius 3 is 2.43 bits per heavy atom. The van der Waals surface area contributed by atoms with Gasteiger partial charge in [-0.15, -0.1) is 0 Å². The number of aryl methyl sites for hydroxylation is 1. The topological polar surface area (TPSA) is 20.2 Å². The Bertz CT molecular complexity index is 331. The first kappa shape index (κ1) is 10.7. The molecule has 1 heteroatoms. The molecule has 1 aromatic carbocycles. The molecule has 0 aliphatic heterocycles. The summed E-state index contributed by atoms with van der Waals surface area (Å²) in [5.74, 6) is 0. The summed E-state index contributed by atoms with van der Waals surface area (Å²) in [6.45, 7) is 7.52. The van der Waals surface area contributed by atoms with Crippen molar-refractivity contribution in [2.45, 2.75) is 20.0 Å². The van der Waals surface area contributed by atoms with Crippen molar-refractivity contribution in [2.24, 2.45) is 0 Å². The molecule has 74 valence electrons. The van der Waals surface area contributed by atoms with Gasteiger partial charge in [0.25, 0.3) is 0 Å². The molecule has 0 saturated heterocycles. The number of hydrogen-bond donors (Lipinski definition) is 1. The van der Waals surface area contributed by atoms with E-state index < -0.39 is 6.10 Å². The summed E-state index contributed by atoms with van der Waals surface area (Å²) in [5.41, 5.74) is 3.10. The highest BCUT2D eigenvalue weighted by Gasteiger charge is 1.95. The fourth-order valence-corrected chi connectivity index (χ4v) is 1.02. The van der Waals surface area contributed by atoms with Crippen molar-refractivity contribution < 1.29 is 5.11 Å². The standard InChI is InChI=1S/C13H16O/c1-10-4-7-13(8-5-10)9-6-11(2)12(3)14/h4-9,12,14H,2H2,1,3H3. The van der Waals surface area contributed by atoms with Crippen LogP contribution in [-0.4, -0.2) is 11.2 Å². The van der Waals surface area contributed by atoms with Gasteiger partial charge in [0, 0.05) is 0 Å². The summed E-state index contributed by atoms with van der Waals surface area (Å²) in [5, 5.41) is 9.19. The molecule has 1 atom stereocenters. The fraction of sp³-hybridized carbons (Fsp3) is 0.231. The summed E-state index contributed by atoms with van der Waals surface area (Å²) in [6, 6.07) is 8.21. The Morgan fingerprint density at radius 1 is 1.36 bits per heavy atom. The Labute approximate surface area is 85.4 Å². The molecule has 1 nitrogen and oxygen atoms in total. The molecular weight excluding hydrogens is 172 g/mol. The van der Waals surface area contributed by atoms with E-state index in [4.69, 9.17) is 0 Å². The highest BCUT2D eigenvalue weighted by molar-refractivity contribution is 5.53. The highest BCUT2D eigenvalue weighted by atomic mass is 16.3. The monoisotopic (exact) mass is 188 g/mol. The van der Waals surface area contributed by atoms with Crippen LogP contribution in [-0.2, 0) is 0 Å². The van der Waals surface area contributed by atoms with Crippen molar-refractivity contribution in [1.82, 2.24) is 0 Å². The second-order valence-corrected chi connectivity index (χ2v) is 3.49. The number of rotatable bonds is 3. The molecular formula is C13H16O. The Balaban J connectivity index is 2.69. The van der Waals surface area contributed by atoms with Crippen molar-refractivity contribution in [3.8, 4) is 0 Å². The number of hydrogen-bond acceptors (Lipinski definition) is 1. The summed E-state index contributed by atoms with van der Waals surface area (Å²) >= 11 is 0. The van der Waals surface area contributed by atoms with E-state index >= 15 is 0 Å². The maximum atomic E-state index is 9.19. The van der Waals surface area contributed by atoms with Crippen LogP contribution < -0.4 is 0 Å². The summed E-state index contributed by atoms with van der Waals surface area (Å²) in [6.07, 6.45) is 3.32. The number of benzene rings is 1. The third-order valence-electron chi connectivity index (χ3n) is 2.10. The van der Waals surface area contributed by atoms with Gasteiger partial charge in [-0.25, -0.2) is 0 Å². The zero-order valence-electron chi connectivity index (χ0n) is 8.70. The van der Waals surface area contributed by atoms with Crippen LogP contribution in [0.5, 0.6) is 0 Å². The van der Waals surface area contributed by atoms with E-state index in [0.29, 0.717) is 0 Å². The second-order valence-electron chi connectivity index (χ2n) is 3.49.